The van der Waals surface area contributed by atoms with Gasteiger partial charge in [-0.2, -0.15) is 5.26 Å². The van der Waals surface area contributed by atoms with Crippen LogP contribution in [0.3, 0.4) is 0 Å². The number of hydrogen-bond acceptors (Lipinski definition) is 3. The summed E-state index contributed by atoms with van der Waals surface area (Å²) in [6.07, 6.45) is 0. The fourth-order valence-corrected chi connectivity index (χ4v) is 2.97. The lowest BCUT2D eigenvalue weighted by atomic mass is 10.2. The third-order valence-corrected chi connectivity index (χ3v) is 3.39. The smallest absolute Gasteiger partial charge is 0.207 e. The second kappa shape index (κ2) is 3.95. The molecule has 0 unspecified atom stereocenters. The molecule has 0 spiro atoms. The van der Waals surface area contributed by atoms with Crippen molar-refractivity contribution in [2.24, 2.45) is 0 Å². The number of nitriles is 1. The van der Waals surface area contributed by atoms with Gasteiger partial charge in [0.15, 0.2) is 0 Å². The maximum Gasteiger partial charge on any atom is 0.264 e. The Hall–Kier alpha value is -0.470. The van der Waals surface area contributed by atoms with Crippen LogP contribution in [0.5, 0.6) is 0 Å². The Morgan fingerprint density at radius 2 is 1.86 bits per heavy atom. The van der Waals surface area contributed by atoms with E-state index in [0.717, 1.165) is 0 Å². The Labute approximate surface area is 95.2 Å². The molecular weight excluding hydrogens is 269 g/mol. The Balaban J connectivity index is 3.68. The van der Waals surface area contributed by atoms with Crippen LogP contribution >= 0.6 is 33.9 Å². The van der Waals surface area contributed by atoms with Crippen molar-refractivity contribution in [3.63, 3.8) is 0 Å². The molecule has 0 bridgehead atoms. The molecule has 1 rings (SSSR count). The van der Waals surface area contributed by atoms with Gasteiger partial charge in [0.25, 0.3) is 9.05 Å². The van der Waals surface area contributed by atoms with E-state index >= 15 is 0 Å². The minimum atomic E-state index is -4.03. The van der Waals surface area contributed by atoms with E-state index in [-0.39, 0.29) is 15.6 Å². The second-order valence-corrected chi connectivity index (χ2v) is 5.66. The highest BCUT2D eigenvalue weighted by Crippen LogP contribution is 2.31. The third-order valence-electron chi connectivity index (χ3n) is 1.37. The van der Waals surface area contributed by atoms with Gasteiger partial charge in [-0.1, -0.05) is 23.2 Å². The quantitative estimate of drug-likeness (QED) is 0.737. The van der Waals surface area contributed by atoms with Crippen LogP contribution in [0, 0.1) is 11.3 Å². The highest BCUT2D eigenvalue weighted by molar-refractivity contribution is 8.13. The summed E-state index contributed by atoms with van der Waals surface area (Å²) < 4.78 is 22.1. The molecular formula is C7H2Cl3NO2S. The Morgan fingerprint density at radius 3 is 2.29 bits per heavy atom. The van der Waals surface area contributed by atoms with Gasteiger partial charge in [0.1, 0.15) is 11.0 Å². The van der Waals surface area contributed by atoms with Crippen molar-refractivity contribution in [2.45, 2.75) is 4.90 Å². The number of halogens is 3. The minimum absolute atomic E-state index is 0.163. The monoisotopic (exact) mass is 269 g/mol. The third kappa shape index (κ3) is 2.31. The van der Waals surface area contributed by atoms with Crippen LogP contribution in [-0.4, -0.2) is 8.42 Å². The molecule has 74 valence electrons. The summed E-state index contributed by atoms with van der Waals surface area (Å²) in [6, 6.07) is 4.04. The number of nitrogens with zero attached hydrogens (tertiary/aromatic N) is 1. The number of benzene rings is 1. The highest BCUT2D eigenvalue weighted by atomic mass is 35.7. The van der Waals surface area contributed by atoms with Crippen molar-refractivity contribution < 1.29 is 8.42 Å². The Bertz CT molecular complexity index is 518. The molecule has 0 aromatic heterocycles. The van der Waals surface area contributed by atoms with Gasteiger partial charge in [0.05, 0.1) is 10.6 Å². The van der Waals surface area contributed by atoms with Crippen molar-refractivity contribution in [2.75, 3.05) is 0 Å². The molecule has 1 aromatic carbocycles. The van der Waals surface area contributed by atoms with E-state index in [4.69, 9.17) is 39.1 Å². The zero-order valence-electron chi connectivity index (χ0n) is 6.46. The molecule has 3 nitrogen and oxygen atoms in total. The molecule has 14 heavy (non-hydrogen) atoms. The molecule has 0 aliphatic heterocycles. The van der Waals surface area contributed by atoms with Crippen molar-refractivity contribution >= 4 is 42.9 Å². The summed E-state index contributed by atoms with van der Waals surface area (Å²) in [5.41, 5.74) is -0.169. The number of hydrogen-bond donors (Lipinski definition) is 0. The van der Waals surface area contributed by atoms with Crippen molar-refractivity contribution in [3.05, 3.63) is 27.7 Å². The molecule has 1 aromatic rings. The largest absolute Gasteiger partial charge is 0.264 e. The van der Waals surface area contributed by atoms with Gasteiger partial charge in [-0.25, -0.2) is 8.42 Å². The van der Waals surface area contributed by atoms with E-state index in [1.54, 1.807) is 6.07 Å². The molecule has 0 atom stereocenters. The average molecular weight is 271 g/mol. The van der Waals surface area contributed by atoms with Gasteiger partial charge < -0.3 is 0 Å². The standard InChI is InChI=1S/C7H2Cl3NO2S/c8-5-1-4(3-11)7(6(9)2-5)14(10,12)13/h1-2H. The molecule has 0 saturated heterocycles. The first kappa shape index (κ1) is 11.6. The van der Waals surface area contributed by atoms with Crippen LogP contribution in [-0.2, 0) is 9.05 Å². The van der Waals surface area contributed by atoms with Crippen molar-refractivity contribution in [1.29, 1.82) is 5.26 Å². The topological polar surface area (TPSA) is 57.9 Å². The fourth-order valence-electron chi connectivity index (χ4n) is 0.891. The predicted molar refractivity (Wildman–Crippen MR) is 54.2 cm³/mol. The van der Waals surface area contributed by atoms with Crippen LogP contribution in [0.1, 0.15) is 5.56 Å². The van der Waals surface area contributed by atoms with Crippen LogP contribution < -0.4 is 0 Å². The van der Waals surface area contributed by atoms with Crippen LogP contribution in [0.4, 0.5) is 0 Å². The molecule has 0 radical (unpaired) electrons. The molecule has 0 aliphatic carbocycles. The van der Waals surface area contributed by atoms with Gasteiger partial charge in [-0.15, -0.1) is 0 Å². The van der Waals surface area contributed by atoms with Crippen LogP contribution in [0.15, 0.2) is 17.0 Å². The lowest BCUT2D eigenvalue weighted by molar-refractivity contribution is 0.609. The van der Waals surface area contributed by atoms with E-state index in [0.29, 0.717) is 0 Å². The maximum absolute atomic E-state index is 11.0. The highest BCUT2D eigenvalue weighted by Gasteiger charge is 2.20. The molecule has 0 amide bonds. The predicted octanol–water partition coefficient (Wildman–Crippen LogP) is 2.79. The first-order chi connectivity index (χ1) is 6.36. The summed E-state index contributed by atoms with van der Waals surface area (Å²) in [5, 5.41) is 8.65. The Kier molecular flexibility index (Phi) is 3.28. The summed E-state index contributed by atoms with van der Waals surface area (Å²) in [5.74, 6) is 0. The fraction of sp³-hybridized carbons (Fsp3) is 0. The lowest BCUT2D eigenvalue weighted by Crippen LogP contribution is -1.96. The number of rotatable bonds is 1. The van der Waals surface area contributed by atoms with Crippen molar-refractivity contribution in [3.8, 4) is 6.07 Å². The summed E-state index contributed by atoms with van der Waals surface area (Å²) in [4.78, 5) is -0.410. The second-order valence-electron chi connectivity index (χ2n) is 2.31. The first-order valence-electron chi connectivity index (χ1n) is 3.20. The molecule has 0 N–H and O–H groups in total. The normalized spacial score (nSPS) is 11.0. The molecule has 0 fully saturated rings. The lowest BCUT2D eigenvalue weighted by Gasteiger charge is -2.02. The molecule has 0 heterocycles. The zero-order chi connectivity index (χ0) is 10.9. The van der Waals surface area contributed by atoms with E-state index in [2.05, 4.69) is 0 Å². The van der Waals surface area contributed by atoms with Crippen LogP contribution in [0.25, 0.3) is 0 Å². The summed E-state index contributed by atoms with van der Waals surface area (Å²) >= 11 is 11.2. The van der Waals surface area contributed by atoms with E-state index < -0.39 is 13.9 Å². The maximum atomic E-state index is 11.0. The van der Waals surface area contributed by atoms with E-state index in [9.17, 15) is 8.42 Å². The van der Waals surface area contributed by atoms with Gasteiger partial charge in [-0.3, -0.25) is 0 Å². The summed E-state index contributed by atoms with van der Waals surface area (Å²) in [7, 11) is 1.06. The Morgan fingerprint density at radius 1 is 1.29 bits per heavy atom. The van der Waals surface area contributed by atoms with Gasteiger partial charge in [0, 0.05) is 15.7 Å². The van der Waals surface area contributed by atoms with Gasteiger partial charge in [0.2, 0.25) is 0 Å². The van der Waals surface area contributed by atoms with Gasteiger partial charge in [-0.05, 0) is 12.1 Å². The SMILES string of the molecule is N#Cc1cc(Cl)cc(Cl)c1S(=O)(=O)Cl. The first-order valence-corrected chi connectivity index (χ1v) is 6.26. The molecule has 0 aliphatic rings. The zero-order valence-corrected chi connectivity index (χ0v) is 9.54. The summed E-state index contributed by atoms with van der Waals surface area (Å²) in [6.45, 7) is 0. The molecule has 0 saturated carbocycles. The molecule has 7 heteroatoms. The van der Waals surface area contributed by atoms with Crippen LogP contribution in [0.2, 0.25) is 10.0 Å². The van der Waals surface area contributed by atoms with E-state index in [1.807, 2.05) is 0 Å². The van der Waals surface area contributed by atoms with Crippen molar-refractivity contribution in [1.82, 2.24) is 0 Å². The minimum Gasteiger partial charge on any atom is -0.207 e. The van der Waals surface area contributed by atoms with Gasteiger partial charge >= 0.3 is 0 Å². The van der Waals surface area contributed by atoms with E-state index in [1.165, 1.54) is 12.1 Å². The average Bonchev–Trinajstić information content (AvgIpc) is 1.99.